The smallest absolute Gasteiger partial charge is 0.163 e. The molecule has 1 aliphatic heterocycles. The second-order valence-corrected chi connectivity index (χ2v) is 5.39. The molecule has 0 bridgehead atoms. The summed E-state index contributed by atoms with van der Waals surface area (Å²) >= 11 is 0. The van der Waals surface area contributed by atoms with Crippen molar-refractivity contribution < 1.29 is 0 Å². The summed E-state index contributed by atoms with van der Waals surface area (Å²) in [6.07, 6.45) is 5.73. The molecule has 1 saturated heterocycles. The maximum atomic E-state index is 5.99. The Bertz CT molecular complexity index is 568. The number of hydrogen-bond donors (Lipinski definition) is 1. The monoisotopic (exact) mass is 260 g/mol. The van der Waals surface area contributed by atoms with Crippen LogP contribution in [-0.2, 0) is 7.05 Å². The largest absolute Gasteiger partial charge is 0.356 e. The lowest BCUT2D eigenvalue weighted by atomic mass is 9.91. The Kier molecular flexibility index (Phi) is 3.10. The van der Waals surface area contributed by atoms with Crippen molar-refractivity contribution in [3.63, 3.8) is 0 Å². The van der Waals surface area contributed by atoms with Crippen LogP contribution >= 0.6 is 0 Å². The normalized spacial score (nSPS) is 19.0. The van der Waals surface area contributed by atoms with Crippen molar-refractivity contribution >= 4 is 16.9 Å². The second-order valence-electron chi connectivity index (χ2n) is 5.39. The topological polar surface area (TPSA) is 72.9 Å². The fourth-order valence-electron chi connectivity index (χ4n) is 2.84. The molecule has 3 heterocycles. The number of aryl methyl sites for hydroxylation is 1. The van der Waals surface area contributed by atoms with Crippen molar-refractivity contribution in [1.29, 1.82) is 0 Å². The molecule has 6 heteroatoms. The number of nitrogens with zero attached hydrogens (tertiary/aromatic N) is 5. The molecule has 19 heavy (non-hydrogen) atoms. The molecule has 0 spiro atoms. The zero-order chi connectivity index (χ0) is 13.4. The number of rotatable bonds is 2. The first kappa shape index (κ1) is 12.3. The molecule has 102 valence electrons. The highest BCUT2D eigenvalue weighted by Gasteiger charge is 2.24. The van der Waals surface area contributed by atoms with E-state index >= 15 is 0 Å². The molecule has 2 aromatic rings. The van der Waals surface area contributed by atoms with Gasteiger partial charge in [-0.1, -0.05) is 0 Å². The van der Waals surface area contributed by atoms with Crippen molar-refractivity contribution in [2.75, 3.05) is 18.0 Å². The maximum absolute atomic E-state index is 5.99. The molecule has 0 aliphatic carbocycles. The molecule has 0 saturated carbocycles. The Morgan fingerprint density at radius 2 is 2.05 bits per heavy atom. The lowest BCUT2D eigenvalue weighted by molar-refractivity contribution is 0.354. The Balaban J connectivity index is 1.86. The number of fused-ring (bicyclic) bond motifs is 1. The van der Waals surface area contributed by atoms with E-state index in [4.69, 9.17) is 5.73 Å². The van der Waals surface area contributed by atoms with Crippen molar-refractivity contribution in [3.8, 4) is 0 Å². The van der Waals surface area contributed by atoms with E-state index in [2.05, 4.69) is 26.9 Å². The predicted octanol–water partition coefficient (Wildman–Crippen LogP) is 0.927. The fourth-order valence-corrected chi connectivity index (χ4v) is 2.84. The van der Waals surface area contributed by atoms with Gasteiger partial charge in [-0.2, -0.15) is 5.10 Å². The number of piperidine rings is 1. The third kappa shape index (κ3) is 2.16. The summed E-state index contributed by atoms with van der Waals surface area (Å²) in [5, 5.41) is 5.29. The van der Waals surface area contributed by atoms with Gasteiger partial charge < -0.3 is 10.6 Å². The predicted molar refractivity (Wildman–Crippen MR) is 74.9 cm³/mol. The Morgan fingerprint density at radius 1 is 1.32 bits per heavy atom. The van der Waals surface area contributed by atoms with E-state index in [0.29, 0.717) is 5.92 Å². The lowest BCUT2D eigenvalue weighted by Crippen LogP contribution is -2.40. The first-order chi connectivity index (χ1) is 9.16. The van der Waals surface area contributed by atoms with Crippen LogP contribution in [0, 0.1) is 5.92 Å². The third-order valence-electron chi connectivity index (χ3n) is 4.09. The molecule has 2 N–H and O–H groups in total. The van der Waals surface area contributed by atoms with Crippen LogP contribution in [-0.4, -0.2) is 38.9 Å². The molecule has 6 nitrogen and oxygen atoms in total. The molecule has 0 aromatic carbocycles. The third-order valence-corrected chi connectivity index (χ3v) is 4.09. The van der Waals surface area contributed by atoms with Gasteiger partial charge in [0.25, 0.3) is 0 Å². The molecular weight excluding hydrogens is 240 g/mol. The van der Waals surface area contributed by atoms with Gasteiger partial charge in [-0.15, -0.1) is 0 Å². The van der Waals surface area contributed by atoms with Crippen LogP contribution in [0.25, 0.3) is 11.0 Å². The van der Waals surface area contributed by atoms with Gasteiger partial charge in [-0.3, -0.25) is 4.68 Å². The van der Waals surface area contributed by atoms with E-state index < -0.39 is 0 Å². The van der Waals surface area contributed by atoms with Gasteiger partial charge in [0.1, 0.15) is 12.1 Å². The lowest BCUT2D eigenvalue weighted by Gasteiger charge is -2.34. The minimum atomic E-state index is 0.283. The highest BCUT2D eigenvalue weighted by atomic mass is 15.3. The maximum Gasteiger partial charge on any atom is 0.163 e. The van der Waals surface area contributed by atoms with E-state index in [-0.39, 0.29) is 6.04 Å². The van der Waals surface area contributed by atoms with Crippen LogP contribution in [0.4, 0.5) is 5.82 Å². The molecule has 1 aliphatic rings. The van der Waals surface area contributed by atoms with Crippen molar-refractivity contribution in [2.24, 2.45) is 18.7 Å². The van der Waals surface area contributed by atoms with Gasteiger partial charge in [0, 0.05) is 26.2 Å². The van der Waals surface area contributed by atoms with Crippen LogP contribution in [0.15, 0.2) is 12.5 Å². The standard InChI is InChI=1S/C13H20N6/c1-9(14)10-3-5-19(6-4-10)13-11-7-17-18(2)12(11)15-8-16-13/h7-10H,3-6,14H2,1-2H3. The van der Waals surface area contributed by atoms with Crippen molar-refractivity contribution in [3.05, 3.63) is 12.5 Å². The van der Waals surface area contributed by atoms with Gasteiger partial charge >= 0.3 is 0 Å². The zero-order valence-electron chi connectivity index (χ0n) is 11.5. The molecule has 1 fully saturated rings. The molecule has 1 atom stereocenters. The van der Waals surface area contributed by atoms with E-state index in [9.17, 15) is 0 Å². The molecule has 0 amide bonds. The summed E-state index contributed by atoms with van der Waals surface area (Å²) in [6.45, 7) is 4.12. The average Bonchev–Trinajstić information content (AvgIpc) is 2.81. The van der Waals surface area contributed by atoms with Crippen molar-refractivity contribution in [2.45, 2.75) is 25.8 Å². The fraction of sp³-hybridized carbons (Fsp3) is 0.615. The van der Waals surface area contributed by atoms with Gasteiger partial charge in [0.2, 0.25) is 0 Å². The Hall–Kier alpha value is -1.69. The number of anilines is 1. The van der Waals surface area contributed by atoms with E-state index in [1.165, 1.54) is 0 Å². The molecule has 1 unspecified atom stereocenters. The van der Waals surface area contributed by atoms with Crippen LogP contribution in [0.2, 0.25) is 0 Å². The van der Waals surface area contributed by atoms with Crippen LogP contribution in [0.1, 0.15) is 19.8 Å². The summed E-state index contributed by atoms with van der Waals surface area (Å²) < 4.78 is 1.79. The second kappa shape index (κ2) is 4.77. The Morgan fingerprint density at radius 3 is 2.74 bits per heavy atom. The van der Waals surface area contributed by atoms with Crippen molar-refractivity contribution in [1.82, 2.24) is 19.7 Å². The summed E-state index contributed by atoms with van der Waals surface area (Å²) in [4.78, 5) is 11.1. The van der Waals surface area contributed by atoms with Gasteiger partial charge in [0.05, 0.1) is 11.6 Å². The number of aromatic nitrogens is 4. The van der Waals surface area contributed by atoms with E-state index in [1.807, 2.05) is 13.2 Å². The highest BCUT2D eigenvalue weighted by Crippen LogP contribution is 2.27. The van der Waals surface area contributed by atoms with Crippen LogP contribution in [0.3, 0.4) is 0 Å². The molecule has 3 rings (SSSR count). The highest BCUT2D eigenvalue weighted by molar-refractivity contribution is 5.86. The molecule has 0 radical (unpaired) electrons. The molecule has 2 aromatic heterocycles. The summed E-state index contributed by atoms with van der Waals surface area (Å²) in [7, 11) is 1.90. The summed E-state index contributed by atoms with van der Waals surface area (Å²) in [5.74, 6) is 1.63. The number of hydrogen-bond acceptors (Lipinski definition) is 5. The van der Waals surface area contributed by atoms with Crippen LogP contribution in [0.5, 0.6) is 0 Å². The quantitative estimate of drug-likeness (QED) is 0.869. The minimum Gasteiger partial charge on any atom is -0.356 e. The Labute approximate surface area is 112 Å². The first-order valence-corrected chi connectivity index (χ1v) is 6.80. The average molecular weight is 260 g/mol. The minimum absolute atomic E-state index is 0.283. The van der Waals surface area contributed by atoms with E-state index in [0.717, 1.165) is 42.8 Å². The SMILES string of the molecule is CC(N)C1CCN(c2ncnc3c2cnn3C)CC1. The van der Waals surface area contributed by atoms with Gasteiger partial charge in [0.15, 0.2) is 5.65 Å². The van der Waals surface area contributed by atoms with E-state index in [1.54, 1.807) is 11.0 Å². The van der Waals surface area contributed by atoms with Crippen LogP contribution < -0.4 is 10.6 Å². The van der Waals surface area contributed by atoms with Gasteiger partial charge in [-0.25, -0.2) is 9.97 Å². The summed E-state index contributed by atoms with van der Waals surface area (Å²) in [6, 6.07) is 0.283. The number of nitrogens with two attached hydrogens (primary N) is 1. The van der Waals surface area contributed by atoms with Gasteiger partial charge in [-0.05, 0) is 25.7 Å². The summed E-state index contributed by atoms with van der Waals surface area (Å²) in [5.41, 5.74) is 6.88. The molecular formula is C13H20N6. The zero-order valence-corrected chi connectivity index (χ0v) is 11.5. The first-order valence-electron chi connectivity index (χ1n) is 6.80.